The molecule has 2 atom stereocenters. The molecule has 3 N–H and O–H groups in total. The fourth-order valence-electron chi connectivity index (χ4n) is 3.47. The molecule has 0 radical (unpaired) electrons. The first-order valence-corrected chi connectivity index (χ1v) is 9.48. The minimum absolute atomic E-state index is 0.288. The number of H-pyrrole nitrogens is 1. The molecule has 6 nitrogen and oxygen atoms in total. The van der Waals surface area contributed by atoms with E-state index in [2.05, 4.69) is 15.3 Å². The summed E-state index contributed by atoms with van der Waals surface area (Å²) in [7, 11) is 0. The van der Waals surface area contributed by atoms with Crippen LogP contribution < -0.4 is 5.32 Å². The van der Waals surface area contributed by atoms with Crippen molar-refractivity contribution in [3.05, 3.63) is 82.9 Å². The number of thiocarbonyl (C=S) groups is 1. The summed E-state index contributed by atoms with van der Waals surface area (Å²) in [5.74, 6) is -0.943. The number of hydrogen-bond acceptors (Lipinski definition) is 3. The number of imidazole rings is 1. The first-order chi connectivity index (χ1) is 13.5. The minimum atomic E-state index is -0.943. The number of rotatable bonds is 3. The van der Waals surface area contributed by atoms with Crippen molar-refractivity contribution in [2.24, 2.45) is 0 Å². The number of aromatic nitrogens is 2. The lowest BCUT2D eigenvalue weighted by Crippen LogP contribution is -2.53. The van der Waals surface area contributed by atoms with Crippen molar-refractivity contribution in [2.45, 2.75) is 18.5 Å². The van der Waals surface area contributed by atoms with Crippen LogP contribution >= 0.6 is 23.8 Å². The molecule has 0 aliphatic carbocycles. The van der Waals surface area contributed by atoms with Crippen molar-refractivity contribution in [2.75, 3.05) is 5.32 Å². The van der Waals surface area contributed by atoms with Gasteiger partial charge in [-0.3, -0.25) is 0 Å². The SMILES string of the molecule is O=C(O)[C@H]1Cc2[nH]cnc2[C@@H](c2ccccc2)N1C(=S)Nc1ccc(Cl)cc1. The van der Waals surface area contributed by atoms with Crippen LogP contribution in [0.4, 0.5) is 5.69 Å². The molecule has 1 aliphatic heterocycles. The number of fused-ring (bicyclic) bond motifs is 1. The zero-order valence-corrected chi connectivity index (χ0v) is 16.2. The van der Waals surface area contributed by atoms with E-state index < -0.39 is 18.1 Å². The van der Waals surface area contributed by atoms with Crippen LogP contribution in [-0.2, 0) is 11.2 Å². The monoisotopic (exact) mass is 412 g/mol. The van der Waals surface area contributed by atoms with E-state index in [0.717, 1.165) is 22.6 Å². The van der Waals surface area contributed by atoms with Crippen LogP contribution in [0.2, 0.25) is 5.02 Å². The van der Waals surface area contributed by atoms with E-state index in [1.807, 2.05) is 30.3 Å². The summed E-state index contributed by atoms with van der Waals surface area (Å²) in [6.45, 7) is 0. The van der Waals surface area contributed by atoms with Gasteiger partial charge in [-0.2, -0.15) is 0 Å². The molecular weight excluding hydrogens is 396 g/mol. The van der Waals surface area contributed by atoms with Crippen molar-refractivity contribution in [3.8, 4) is 0 Å². The molecule has 142 valence electrons. The Morgan fingerprint density at radius 3 is 2.61 bits per heavy atom. The summed E-state index contributed by atoms with van der Waals surface area (Å²) in [6, 6.07) is 15.5. The molecule has 3 aromatic rings. The zero-order valence-electron chi connectivity index (χ0n) is 14.7. The Hall–Kier alpha value is -2.90. The number of aliphatic carboxylic acids is 1. The van der Waals surface area contributed by atoms with E-state index in [-0.39, 0.29) is 6.42 Å². The average Bonchev–Trinajstić information content (AvgIpc) is 3.17. The van der Waals surface area contributed by atoms with Gasteiger partial charge in [-0.05, 0) is 42.0 Å². The molecule has 28 heavy (non-hydrogen) atoms. The van der Waals surface area contributed by atoms with Crippen molar-refractivity contribution in [1.29, 1.82) is 0 Å². The Balaban J connectivity index is 1.76. The van der Waals surface area contributed by atoms with Gasteiger partial charge >= 0.3 is 5.97 Å². The topological polar surface area (TPSA) is 81.2 Å². The Kier molecular flexibility index (Phi) is 5.02. The van der Waals surface area contributed by atoms with E-state index >= 15 is 0 Å². The smallest absolute Gasteiger partial charge is 0.326 e. The van der Waals surface area contributed by atoms with Gasteiger partial charge in [-0.1, -0.05) is 41.9 Å². The van der Waals surface area contributed by atoms with Gasteiger partial charge in [0.05, 0.1) is 12.0 Å². The first-order valence-electron chi connectivity index (χ1n) is 8.69. The van der Waals surface area contributed by atoms with Crippen molar-refractivity contribution < 1.29 is 9.90 Å². The maximum absolute atomic E-state index is 12.1. The molecule has 0 saturated heterocycles. The standard InChI is InChI=1S/C20H17ClN4O2S/c21-13-6-8-14(9-7-13)24-20(28)25-16(19(26)27)10-15-17(23-11-22-15)18(25)12-4-2-1-3-5-12/h1-9,11,16,18H,10H2,(H,22,23)(H,24,28)(H,26,27)/t16-,18-/m1/s1. The largest absolute Gasteiger partial charge is 0.480 e. The Labute approximate surface area is 172 Å². The second-order valence-electron chi connectivity index (χ2n) is 6.48. The summed E-state index contributed by atoms with van der Waals surface area (Å²) in [5, 5.41) is 14.0. The van der Waals surface area contributed by atoms with Crippen LogP contribution in [0.15, 0.2) is 60.9 Å². The molecule has 0 unspecified atom stereocenters. The van der Waals surface area contributed by atoms with Crippen molar-refractivity contribution >= 4 is 40.6 Å². The molecule has 4 rings (SSSR count). The van der Waals surface area contributed by atoms with Crippen molar-refractivity contribution in [3.63, 3.8) is 0 Å². The molecule has 0 bridgehead atoms. The van der Waals surface area contributed by atoms with Gasteiger partial charge in [0.25, 0.3) is 0 Å². The zero-order chi connectivity index (χ0) is 19.7. The summed E-state index contributed by atoms with van der Waals surface area (Å²) in [6.07, 6.45) is 1.88. The number of hydrogen-bond donors (Lipinski definition) is 3. The second kappa shape index (κ2) is 7.61. The van der Waals surface area contributed by atoms with Gasteiger partial charge in [0.1, 0.15) is 12.1 Å². The third-order valence-electron chi connectivity index (χ3n) is 4.75. The number of anilines is 1. The molecule has 0 fully saturated rings. The van der Waals surface area contributed by atoms with Gasteiger partial charge in [-0.25, -0.2) is 9.78 Å². The maximum atomic E-state index is 12.1. The number of halogens is 1. The third-order valence-corrected chi connectivity index (χ3v) is 5.32. The van der Waals surface area contributed by atoms with Gasteiger partial charge < -0.3 is 20.3 Å². The predicted octanol–water partition coefficient (Wildman–Crippen LogP) is 3.86. The minimum Gasteiger partial charge on any atom is -0.480 e. The van der Waals surface area contributed by atoms with E-state index in [9.17, 15) is 9.90 Å². The van der Waals surface area contributed by atoms with Crippen LogP contribution in [-0.4, -0.2) is 37.1 Å². The van der Waals surface area contributed by atoms with Crippen molar-refractivity contribution in [1.82, 2.24) is 14.9 Å². The number of carboxylic acid groups (broad SMARTS) is 1. The summed E-state index contributed by atoms with van der Waals surface area (Å²) >= 11 is 11.6. The molecule has 8 heteroatoms. The van der Waals surface area contributed by atoms with E-state index in [1.165, 1.54) is 0 Å². The Bertz CT molecular complexity index is 1010. The molecule has 0 spiro atoms. The van der Waals surface area contributed by atoms with Gasteiger partial charge in [0.15, 0.2) is 5.11 Å². The van der Waals surface area contributed by atoms with Gasteiger partial charge in [-0.15, -0.1) is 0 Å². The number of nitrogens with one attached hydrogen (secondary N) is 2. The fraction of sp³-hybridized carbons (Fsp3) is 0.150. The summed E-state index contributed by atoms with van der Waals surface area (Å²) in [5.41, 5.74) is 3.25. The van der Waals surface area contributed by atoms with Crippen LogP contribution in [0.1, 0.15) is 23.0 Å². The average molecular weight is 413 g/mol. The number of carboxylic acids is 1. The first kappa shape index (κ1) is 18.5. The van der Waals surface area contributed by atoms with E-state index in [0.29, 0.717) is 10.1 Å². The van der Waals surface area contributed by atoms with E-state index in [4.69, 9.17) is 23.8 Å². The van der Waals surface area contributed by atoms with E-state index in [1.54, 1.807) is 35.5 Å². The fourth-order valence-corrected chi connectivity index (χ4v) is 3.95. The van der Waals surface area contributed by atoms with Crippen LogP contribution in [0.25, 0.3) is 0 Å². The molecule has 0 saturated carbocycles. The maximum Gasteiger partial charge on any atom is 0.326 e. The molecule has 1 aromatic heterocycles. The number of aromatic amines is 1. The number of nitrogens with zero attached hydrogens (tertiary/aromatic N) is 2. The molecular formula is C20H17ClN4O2S. The Morgan fingerprint density at radius 1 is 1.21 bits per heavy atom. The van der Waals surface area contributed by atoms with Crippen LogP contribution in [0, 0.1) is 0 Å². The summed E-state index contributed by atoms with van der Waals surface area (Å²) in [4.78, 5) is 21.3. The third kappa shape index (κ3) is 3.46. The Morgan fingerprint density at radius 2 is 1.93 bits per heavy atom. The lowest BCUT2D eigenvalue weighted by atomic mass is 9.91. The lowest BCUT2D eigenvalue weighted by Gasteiger charge is -2.41. The quantitative estimate of drug-likeness (QED) is 0.567. The van der Waals surface area contributed by atoms with Crippen LogP contribution in [0.5, 0.6) is 0 Å². The van der Waals surface area contributed by atoms with Gasteiger partial charge in [0, 0.05) is 22.8 Å². The molecule has 2 heterocycles. The highest BCUT2D eigenvalue weighted by molar-refractivity contribution is 7.80. The second-order valence-corrected chi connectivity index (χ2v) is 7.31. The van der Waals surface area contributed by atoms with Crippen LogP contribution in [0.3, 0.4) is 0 Å². The summed E-state index contributed by atoms with van der Waals surface area (Å²) < 4.78 is 0. The highest BCUT2D eigenvalue weighted by atomic mass is 35.5. The number of carbonyl (C=O) groups is 1. The lowest BCUT2D eigenvalue weighted by molar-refractivity contribution is -0.142. The normalized spacial score (nSPS) is 18.4. The highest BCUT2D eigenvalue weighted by Crippen LogP contribution is 2.37. The number of benzene rings is 2. The highest BCUT2D eigenvalue weighted by Gasteiger charge is 2.42. The molecule has 1 aliphatic rings. The molecule has 0 amide bonds. The molecule has 2 aromatic carbocycles. The predicted molar refractivity (Wildman–Crippen MR) is 112 cm³/mol. The van der Waals surface area contributed by atoms with Gasteiger partial charge in [0.2, 0.25) is 0 Å².